The molecule has 1 aliphatic heterocycles. The van der Waals surface area contributed by atoms with Crippen molar-refractivity contribution in [1.82, 2.24) is 4.90 Å². The van der Waals surface area contributed by atoms with Crippen LogP contribution in [0.1, 0.15) is 30.1 Å². The van der Waals surface area contributed by atoms with Gasteiger partial charge >= 0.3 is 0 Å². The Bertz CT molecular complexity index is 910. The number of amides is 2. The molecule has 2 aromatic rings. The first-order valence-corrected chi connectivity index (χ1v) is 10.1. The lowest BCUT2D eigenvalue weighted by Gasteiger charge is -2.38. The molecule has 1 aliphatic carbocycles. The Kier molecular flexibility index (Phi) is 6.01. The van der Waals surface area contributed by atoms with Crippen molar-refractivity contribution in [2.24, 2.45) is 5.92 Å². The van der Waals surface area contributed by atoms with Crippen LogP contribution in [0.3, 0.4) is 0 Å². The first-order chi connectivity index (χ1) is 14.6. The van der Waals surface area contributed by atoms with E-state index in [9.17, 15) is 14.7 Å². The van der Waals surface area contributed by atoms with Crippen LogP contribution < -0.4 is 10.1 Å². The number of anilines is 1. The molecule has 2 aromatic carbocycles. The van der Waals surface area contributed by atoms with Crippen LogP contribution in [0.5, 0.6) is 5.75 Å². The van der Waals surface area contributed by atoms with Crippen molar-refractivity contribution >= 4 is 17.5 Å². The number of carbonyl (C=O) groups excluding carboxylic acids is 2. The normalized spacial score (nSPS) is 20.0. The van der Waals surface area contributed by atoms with E-state index in [1.54, 1.807) is 36.3 Å². The number of ether oxygens (including phenoxy) is 2. The van der Waals surface area contributed by atoms with Gasteiger partial charge in [0.2, 0.25) is 11.8 Å². The van der Waals surface area contributed by atoms with Gasteiger partial charge in [-0.3, -0.25) is 9.59 Å². The number of para-hydroxylation sites is 1. The highest BCUT2D eigenvalue weighted by Gasteiger charge is 2.35. The average Bonchev–Trinajstić information content (AvgIpc) is 3.61. The smallest absolute Gasteiger partial charge is 0.249 e. The van der Waals surface area contributed by atoms with E-state index in [1.807, 2.05) is 24.3 Å². The minimum absolute atomic E-state index is 0.00942. The molecule has 0 spiro atoms. The molecular formula is C23H26N2O5. The van der Waals surface area contributed by atoms with Crippen molar-refractivity contribution in [1.29, 1.82) is 0 Å². The number of benzene rings is 2. The van der Waals surface area contributed by atoms with E-state index in [4.69, 9.17) is 9.47 Å². The molecular weight excluding hydrogens is 384 g/mol. The number of carbonyl (C=O) groups is 2. The molecule has 0 unspecified atom stereocenters. The van der Waals surface area contributed by atoms with Gasteiger partial charge in [0.25, 0.3) is 0 Å². The summed E-state index contributed by atoms with van der Waals surface area (Å²) in [6, 6.07) is 14.1. The van der Waals surface area contributed by atoms with Crippen LogP contribution in [0.15, 0.2) is 48.5 Å². The molecule has 2 atom stereocenters. The van der Waals surface area contributed by atoms with Gasteiger partial charge in [-0.25, -0.2) is 0 Å². The fraction of sp³-hybridized carbons (Fsp3) is 0.391. The van der Waals surface area contributed by atoms with Crippen LogP contribution in [0, 0.1) is 5.92 Å². The number of hydrogen-bond donors (Lipinski definition) is 2. The summed E-state index contributed by atoms with van der Waals surface area (Å²) in [6.07, 6.45) is 0.970. The van der Waals surface area contributed by atoms with Crippen LogP contribution >= 0.6 is 0 Å². The second kappa shape index (κ2) is 8.85. The highest BCUT2D eigenvalue weighted by atomic mass is 16.5. The van der Waals surface area contributed by atoms with Crippen LogP contribution in [0.2, 0.25) is 0 Å². The van der Waals surface area contributed by atoms with Gasteiger partial charge in [0, 0.05) is 23.7 Å². The maximum absolute atomic E-state index is 12.6. The number of nitrogens with one attached hydrogen (secondary N) is 1. The van der Waals surface area contributed by atoms with E-state index < -0.39 is 12.1 Å². The molecule has 7 nitrogen and oxygen atoms in total. The van der Waals surface area contributed by atoms with Gasteiger partial charge in [0.1, 0.15) is 18.5 Å². The maximum Gasteiger partial charge on any atom is 0.249 e. The molecule has 2 amide bonds. The lowest BCUT2D eigenvalue weighted by Crippen LogP contribution is -2.51. The first-order valence-electron chi connectivity index (χ1n) is 10.1. The van der Waals surface area contributed by atoms with Crippen molar-refractivity contribution in [3.05, 3.63) is 59.7 Å². The molecule has 30 heavy (non-hydrogen) atoms. The summed E-state index contributed by atoms with van der Waals surface area (Å²) in [4.78, 5) is 26.2. The van der Waals surface area contributed by atoms with Crippen molar-refractivity contribution < 1.29 is 24.2 Å². The Labute approximate surface area is 175 Å². The highest BCUT2D eigenvalue weighted by molar-refractivity contribution is 5.94. The lowest BCUT2D eigenvalue weighted by atomic mass is 9.99. The Morgan fingerprint density at radius 1 is 1.23 bits per heavy atom. The number of aliphatic hydroxyl groups excluding tert-OH is 1. The van der Waals surface area contributed by atoms with Gasteiger partial charge in [0.15, 0.2) is 0 Å². The highest BCUT2D eigenvalue weighted by Crippen LogP contribution is 2.31. The lowest BCUT2D eigenvalue weighted by molar-refractivity contribution is -0.155. The van der Waals surface area contributed by atoms with Crippen molar-refractivity contribution in [3.8, 4) is 5.75 Å². The van der Waals surface area contributed by atoms with E-state index in [1.165, 1.54) is 0 Å². The molecule has 158 valence electrons. The summed E-state index contributed by atoms with van der Waals surface area (Å²) in [7, 11) is 1.59. The molecule has 0 bridgehead atoms. The third-order valence-electron chi connectivity index (χ3n) is 5.60. The number of hydrogen-bond acceptors (Lipinski definition) is 5. The number of aliphatic hydroxyl groups is 1. The van der Waals surface area contributed by atoms with E-state index in [-0.39, 0.29) is 30.9 Å². The second-order valence-corrected chi connectivity index (χ2v) is 7.75. The summed E-state index contributed by atoms with van der Waals surface area (Å²) in [5.41, 5.74) is 2.23. The van der Waals surface area contributed by atoms with Crippen molar-refractivity contribution in [2.75, 3.05) is 25.6 Å². The van der Waals surface area contributed by atoms with E-state index in [0.29, 0.717) is 23.5 Å². The quantitative estimate of drug-likeness (QED) is 0.732. The number of morpholine rings is 1. The molecule has 2 N–H and O–H groups in total. The van der Waals surface area contributed by atoms with Crippen LogP contribution in [-0.2, 0) is 20.9 Å². The minimum Gasteiger partial charge on any atom is -0.496 e. The predicted octanol–water partition coefficient (Wildman–Crippen LogP) is 2.50. The number of rotatable bonds is 7. The molecule has 4 rings (SSSR count). The van der Waals surface area contributed by atoms with E-state index >= 15 is 0 Å². The average molecular weight is 410 g/mol. The molecule has 0 aromatic heterocycles. The van der Waals surface area contributed by atoms with Gasteiger partial charge in [-0.05, 0) is 36.6 Å². The molecule has 2 fully saturated rings. The first kappa shape index (κ1) is 20.4. The van der Waals surface area contributed by atoms with Crippen LogP contribution in [0.25, 0.3) is 0 Å². The Hall–Kier alpha value is -2.90. The minimum atomic E-state index is -0.919. The number of methoxy groups -OCH3 is 1. The predicted molar refractivity (Wildman–Crippen MR) is 111 cm³/mol. The van der Waals surface area contributed by atoms with Gasteiger partial charge in [0.05, 0.1) is 19.8 Å². The largest absolute Gasteiger partial charge is 0.496 e. The number of nitrogens with zero attached hydrogens (tertiary/aromatic N) is 1. The Morgan fingerprint density at radius 2 is 1.97 bits per heavy atom. The molecule has 1 heterocycles. The van der Waals surface area contributed by atoms with Crippen LogP contribution in [-0.4, -0.2) is 48.2 Å². The molecule has 0 radical (unpaired) electrons. The molecule has 2 aliphatic rings. The van der Waals surface area contributed by atoms with Gasteiger partial charge in [-0.1, -0.05) is 30.3 Å². The zero-order valence-corrected chi connectivity index (χ0v) is 16.9. The summed E-state index contributed by atoms with van der Waals surface area (Å²) in [6.45, 7) is 0.552. The third-order valence-corrected chi connectivity index (χ3v) is 5.60. The standard InChI is InChI=1S/C23H26N2O5/c1-29-20-5-3-2-4-17(20)12-25-19(13-30-14-21(25)26)22(27)15-8-10-18(11-9-15)24-23(28)16-6-7-16/h2-5,8-11,16,19,22,27H,6-7,12-14H2,1H3,(H,24,28)/t19-,22-/m1/s1. The second-order valence-electron chi connectivity index (χ2n) is 7.75. The summed E-state index contributed by atoms with van der Waals surface area (Å²) < 4.78 is 10.8. The maximum atomic E-state index is 12.6. The fourth-order valence-corrected chi connectivity index (χ4v) is 3.68. The van der Waals surface area contributed by atoms with Crippen molar-refractivity contribution in [2.45, 2.75) is 31.5 Å². The van der Waals surface area contributed by atoms with Gasteiger partial charge < -0.3 is 24.8 Å². The Morgan fingerprint density at radius 3 is 2.67 bits per heavy atom. The van der Waals surface area contributed by atoms with E-state index in [2.05, 4.69) is 5.32 Å². The van der Waals surface area contributed by atoms with Crippen molar-refractivity contribution in [3.63, 3.8) is 0 Å². The molecule has 7 heteroatoms. The summed E-state index contributed by atoms with van der Waals surface area (Å²) in [5.74, 6) is 0.687. The zero-order valence-electron chi connectivity index (χ0n) is 16.9. The zero-order chi connectivity index (χ0) is 21.1. The monoisotopic (exact) mass is 410 g/mol. The Balaban J connectivity index is 1.49. The SMILES string of the molecule is COc1ccccc1CN1C(=O)COC[C@@H]1[C@H](O)c1ccc(NC(=O)C2CC2)cc1. The van der Waals surface area contributed by atoms with Gasteiger partial charge in [-0.15, -0.1) is 0 Å². The van der Waals surface area contributed by atoms with Gasteiger partial charge in [-0.2, -0.15) is 0 Å². The van der Waals surface area contributed by atoms with E-state index in [0.717, 1.165) is 18.4 Å². The van der Waals surface area contributed by atoms with Crippen LogP contribution in [0.4, 0.5) is 5.69 Å². The fourth-order valence-electron chi connectivity index (χ4n) is 3.68. The summed E-state index contributed by atoms with van der Waals surface area (Å²) >= 11 is 0. The molecule has 1 saturated heterocycles. The third kappa shape index (κ3) is 4.47. The summed E-state index contributed by atoms with van der Waals surface area (Å²) in [5, 5.41) is 13.9. The molecule has 1 saturated carbocycles. The topological polar surface area (TPSA) is 88.1 Å².